The van der Waals surface area contributed by atoms with Crippen molar-refractivity contribution in [1.29, 1.82) is 5.26 Å². The highest BCUT2D eigenvalue weighted by molar-refractivity contribution is 7.89. The summed E-state index contributed by atoms with van der Waals surface area (Å²) in [5.41, 5.74) is 1.56. The van der Waals surface area contributed by atoms with Gasteiger partial charge < -0.3 is 10.1 Å². The van der Waals surface area contributed by atoms with E-state index in [2.05, 4.69) is 5.32 Å². The molecule has 0 radical (unpaired) electrons. The molecule has 0 aliphatic rings. The van der Waals surface area contributed by atoms with E-state index >= 15 is 0 Å². The standard InChI is InChI=1S/C20H21N3O5S/c1-13-5-10-17(29(26,27)23(3)4)11-18(13)22-19(24)14(2)28-20(25)16-8-6-15(12-21)7-9-16/h5-11,14H,1-4H3,(H,22,24). The minimum Gasteiger partial charge on any atom is -0.449 e. The molecule has 2 aromatic rings. The third kappa shape index (κ3) is 5.19. The monoisotopic (exact) mass is 415 g/mol. The third-order valence-electron chi connectivity index (χ3n) is 4.15. The fourth-order valence-electron chi connectivity index (χ4n) is 2.30. The minimum absolute atomic E-state index is 0.0330. The molecule has 0 fully saturated rings. The van der Waals surface area contributed by atoms with Crippen LogP contribution in [0.15, 0.2) is 47.4 Å². The summed E-state index contributed by atoms with van der Waals surface area (Å²) in [6.45, 7) is 3.13. The fourth-order valence-corrected chi connectivity index (χ4v) is 3.23. The molecule has 0 aliphatic carbocycles. The summed E-state index contributed by atoms with van der Waals surface area (Å²) in [7, 11) is -0.830. The van der Waals surface area contributed by atoms with Gasteiger partial charge in [-0.2, -0.15) is 5.26 Å². The molecule has 0 aliphatic heterocycles. The van der Waals surface area contributed by atoms with Crippen LogP contribution in [-0.4, -0.2) is 44.8 Å². The van der Waals surface area contributed by atoms with E-state index in [1.165, 1.54) is 57.4 Å². The summed E-state index contributed by atoms with van der Waals surface area (Å²) in [4.78, 5) is 24.6. The van der Waals surface area contributed by atoms with Crippen molar-refractivity contribution < 1.29 is 22.7 Å². The van der Waals surface area contributed by atoms with E-state index in [1.807, 2.05) is 6.07 Å². The number of hydrogen-bond donors (Lipinski definition) is 1. The number of rotatable bonds is 6. The average molecular weight is 415 g/mol. The number of amides is 1. The van der Waals surface area contributed by atoms with Crippen molar-refractivity contribution in [2.24, 2.45) is 0 Å². The van der Waals surface area contributed by atoms with Crippen molar-refractivity contribution in [2.75, 3.05) is 19.4 Å². The van der Waals surface area contributed by atoms with E-state index in [9.17, 15) is 18.0 Å². The van der Waals surface area contributed by atoms with Gasteiger partial charge in [0, 0.05) is 19.8 Å². The predicted molar refractivity (Wildman–Crippen MR) is 107 cm³/mol. The van der Waals surface area contributed by atoms with Gasteiger partial charge in [0.1, 0.15) is 0 Å². The lowest BCUT2D eigenvalue weighted by atomic mass is 10.1. The largest absolute Gasteiger partial charge is 0.449 e. The summed E-state index contributed by atoms with van der Waals surface area (Å²) in [5, 5.41) is 11.4. The Labute approximate surface area is 169 Å². The summed E-state index contributed by atoms with van der Waals surface area (Å²) in [6, 6.07) is 12.2. The van der Waals surface area contributed by atoms with Gasteiger partial charge in [0.15, 0.2) is 6.10 Å². The topological polar surface area (TPSA) is 117 Å². The van der Waals surface area contributed by atoms with Crippen LogP contribution in [0, 0.1) is 18.3 Å². The number of carbonyl (C=O) groups is 2. The average Bonchev–Trinajstić information content (AvgIpc) is 2.69. The van der Waals surface area contributed by atoms with Crippen molar-refractivity contribution >= 4 is 27.6 Å². The maximum atomic E-state index is 12.4. The molecule has 29 heavy (non-hydrogen) atoms. The number of benzene rings is 2. The Bertz CT molecular complexity index is 1070. The van der Waals surface area contributed by atoms with Crippen LogP contribution in [0.2, 0.25) is 0 Å². The fraction of sp³-hybridized carbons (Fsp3) is 0.250. The van der Waals surface area contributed by atoms with Gasteiger partial charge in [0.25, 0.3) is 5.91 Å². The Balaban J connectivity index is 2.13. The van der Waals surface area contributed by atoms with E-state index in [0.29, 0.717) is 16.8 Å². The molecular formula is C20H21N3O5S. The van der Waals surface area contributed by atoms with E-state index < -0.39 is 28.0 Å². The third-order valence-corrected chi connectivity index (χ3v) is 5.96. The van der Waals surface area contributed by atoms with Gasteiger partial charge >= 0.3 is 5.97 Å². The Morgan fingerprint density at radius 2 is 1.76 bits per heavy atom. The molecule has 0 saturated heterocycles. The van der Waals surface area contributed by atoms with Crippen LogP contribution >= 0.6 is 0 Å². The molecule has 0 heterocycles. The van der Waals surface area contributed by atoms with Gasteiger partial charge in [-0.05, 0) is 55.8 Å². The van der Waals surface area contributed by atoms with Gasteiger partial charge in [0.05, 0.1) is 22.1 Å². The molecule has 8 nitrogen and oxygen atoms in total. The maximum absolute atomic E-state index is 12.4. The van der Waals surface area contributed by atoms with Gasteiger partial charge in [-0.1, -0.05) is 6.07 Å². The predicted octanol–water partition coefficient (Wildman–Crippen LogP) is 2.30. The summed E-state index contributed by atoms with van der Waals surface area (Å²) in [6.07, 6.45) is -1.12. The van der Waals surface area contributed by atoms with Gasteiger partial charge in [-0.25, -0.2) is 17.5 Å². The first-order valence-electron chi connectivity index (χ1n) is 8.61. The zero-order chi connectivity index (χ0) is 21.8. The zero-order valence-electron chi connectivity index (χ0n) is 16.5. The molecule has 1 unspecified atom stereocenters. The number of nitrogens with zero attached hydrogens (tertiary/aromatic N) is 2. The van der Waals surface area contributed by atoms with Crippen LogP contribution in [-0.2, 0) is 19.6 Å². The normalized spacial score (nSPS) is 12.1. The Morgan fingerprint density at radius 3 is 2.31 bits per heavy atom. The number of nitrogens with one attached hydrogen (secondary N) is 1. The van der Waals surface area contributed by atoms with Gasteiger partial charge in [-0.3, -0.25) is 4.79 Å². The van der Waals surface area contributed by atoms with Crippen LogP contribution in [0.3, 0.4) is 0 Å². The minimum atomic E-state index is -3.66. The first-order valence-corrected chi connectivity index (χ1v) is 10.1. The van der Waals surface area contributed by atoms with Crippen molar-refractivity contribution in [3.05, 3.63) is 59.2 Å². The molecule has 152 valence electrons. The first kappa shape index (κ1) is 22.1. The lowest BCUT2D eigenvalue weighted by molar-refractivity contribution is -0.123. The molecular weight excluding hydrogens is 394 g/mol. The second-order valence-electron chi connectivity index (χ2n) is 6.49. The number of nitriles is 1. The van der Waals surface area contributed by atoms with Crippen molar-refractivity contribution in [3.63, 3.8) is 0 Å². The molecule has 0 aromatic heterocycles. The molecule has 1 N–H and O–H groups in total. The number of aryl methyl sites for hydroxylation is 1. The Hall–Kier alpha value is -3.22. The second kappa shape index (κ2) is 8.86. The molecule has 1 amide bonds. The van der Waals surface area contributed by atoms with E-state index in [0.717, 1.165) is 4.31 Å². The van der Waals surface area contributed by atoms with Crippen molar-refractivity contribution in [3.8, 4) is 6.07 Å². The molecule has 9 heteroatoms. The summed E-state index contributed by atoms with van der Waals surface area (Å²) >= 11 is 0. The van der Waals surface area contributed by atoms with Gasteiger partial charge in [0.2, 0.25) is 10.0 Å². The lowest BCUT2D eigenvalue weighted by Gasteiger charge is -2.17. The van der Waals surface area contributed by atoms with Crippen LogP contribution in [0.4, 0.5) is 5.69 Å². The zero-order valence-corrected chi connectivity index (χ0v) is 17.3. The smallest absolute Gasteiger partial charge is 0.338 e. The highest BCUT2D eigenvalue weighted by Crippen LogP contribution is 2.22. The number of esters is 1. The maximum Gasteiger partial charge on any atom is 0.338 e. The first-order chi connectivity index (χ1) is 13.6. The van der Waals surface area contributed by atoms with Gasteiger partial charge in [-0.15, -0.1) is 0 Å². The van der Waals surface area contributed by atoms with E-state index in [-0.39, 0.29) is 10.5 Å². The Morgan fingerprint density at radius 1 is 1.14 bits per heavy atom. The number of sulfonamides is 1. The molecule has 2 aromatic carbocycles. The lowest BCUT2D eigenvalue weighted by Crippen LogP contribution is -2.30. The molecule has 0 saturated carbocycles. The van der Waals surface area contributed by atoms with Crippen LogP contribution in [0.25, 0.3) is 0 Å². The summed E-state index contributed by atoms with van der Waals surface area (Å²) in [5.74, 6) is -1.31. The van der Waals surface area contributed by atoms with Crippen molar-refractivity contribution in [1.82, 2.24) is 4.31 Å². The summed E-state index contributed by atoms with van der Waals surface area (Å²) < 4.78 is 30.8. The molecule has 2 rings (SSSR count). The number of hydrogen-bond acceptors (Lipinski definition) is 6. The van der Waals surface area contributed by atoms with E-state index in [4.69, 9.17) is 10.00 Å². The molecule has 0 spiro atoms. The highest BCUT2D eigenvalue weighted by atomic mass is 32.2. The Kier molecular flexibility index (Phi) is 6.74. The van der Waals surface area contributed by atoms with E-state index in [1.54, 1.807) is 13.0 Å². The van der Waals surface area contributed by atoms with Crippen molar-refractivity contribution in [2.45, 2.75) is 24.8 Å². The number of carbonyl (C=O) groups excluding carboxylic acids is 2. The molecule has 1 atom stereocenters. The second-order valence-corrected chi connectivity index (χ2v) is 8.64. The van der Waals surface area contributed by atoms with Crippen LogP contribution < -0.4 is 5.32 Å². The highest BCUT2D eigenvalue weighted by Gasteiger charge is 2.22. The number of anilines is 1. The molecule has 0 bridgehead atoms. The quantitative estimate of drug-likeness (QED) is 0.724. The number of ether oxygens (including phenoxy) is 1. The van der Waals surface area contributed by atoms with Crippen LogP contribution in [0.1, 0.15) is 28.4 Å². The SMILES string of the molecule is Cc1ccc(S(=O)(=O)N(C)C)cc1NC(=O)C(C)OC(=O)c1ccc(C#N)cc1. The van der Waals surface area contributed by atoms with Crippen LogP contribution in [0.5, 0.6) is 0 Å².